The first-order valence-corrected chi connectivity index (χ1v) is 5.66. The fourth-order valence-corrected chi connectivity index (χ4v) is 1.14. The topological polar surface area (TPSA) is 47.0 Å². The molecule has 0 aliphatic carbocycles. The van der Waals surface area contributed by atoms with E-state index >= 15 is 0 Å². The minimum Gasteiger partial charge on any atom is -0.472 e. The molecule has 1 aromatic heterocycles. The quantitative estimate of drug-likeness (QED) is 0.778. The van der Waals surface area contributed by atoms with Crippen LogP contribution in [0.4, 0.5) is 5.95 Å². The molecule has 0 bridgehead atoms. The van der Waals surface area contributed by atoms with Gasteiger partial charge in [-0.25, -0.2) is 4.98 Å². The molecular weight excluding hydrogens is 226 g/mol. The Bertz CT molecular complexity index is 355. The Morgan fingerprint density at radius 1 is 1.56 bits per heavy atom. The largest absolute Gasteiger partial charge is 0.472 e. The van der Waals surface area contributed by atoms with Gasteiger partial charge in [-0.05, 0) is 13.3 Å². The molecule has 0 radical (unpaired) electrons. The van der Waals surface area contributed by atoms with Crippen LogP contribution in [0.2, 0.25) is 5.02 Å². The molecule has 0 saturated heterocycles. The normalized spacial score (nSPS) is 10.7. The lowest BCUT2D eigenvalue weighted by atomic mass is 10.5. The maximum Gasteiger partial charge on any atom is 0.237 e. The molecule has 1 rings (SSSR count). The van der Waals surface area contributed by atoms with Gasteiger partial charge in [-0.3, -0.25) is 0 Å². The van der Waals surface area contributed by atoms with Crippen molar-refractivity contribution >= 4 is 17.5 Å². The lowest BCUT2D eigenvalue weighted by molar-refractivity contribution is 0.348. The van der Waals surface area contributed by atoms with Gasteiger partial charge in [-0.15, -0.1) is 0 Å². The van der Waals surface area contributed by atoms with Gasteiger partial charge in [0.1, 0.15) is 11.6 Å². The summed E-state index contributed by atoms with van der Waals surface area (Å²) >= 11 is 5.91. The van der Waals surface area contributed by atoms with E-state index in [9.17, 15) is 0 Å². The Kier molecular flexibility index (Phi) is 5.64. The molecule has 0 aromatic carbocycles. The number of hydrogen-bond acceptors (Lipinski definition) is 4. The molecule has 0 saturated carbocycles. The molecular formula is C11H16ClN3O. The van der Waals surface area contributed by atoms with Gasteiger partial charge in [0.2, 0.25) is 11.8 Å². The summed E-state index contributed by atoms with van der Waals surface area (Å²) in [7, 11) is 0. The third-order valence-corrected chi connectivity index (χ3v) is 2.06. The van der Waals surface area contributed by atoms with Gasteiger partial charge in [0.05, 0.1) is 6.20 Å². The van der Waals surface area contributed by atoms with Crippen molar-refractivity contribution in [2.45, 2.75) is 20.3 Å². The Balaban J connectivity index is 2.66. The molecule has 0 atom stereocenters. The van der Waals surface area contributed by atoms with Gasteiger partial charge < -0.3 is 10.1 Å². The predicted molar refractivity (Wildman–Crippen MR) is 66.1 cm³/mol. The summed E-state index contributed by atoms with van der Waals surface area (Å²) in [6.07, 6.45) is 6.35. The Morgan fingerprint density at radius 2 is 2.38 bits per heavy atom. The average Bonchev–Trinajstić information content (AvgIpc) is 2.30. The van der Waals surface area contributed by atoms with Crippen LogP contribution in [0.15, 0.2) is 18.3 Å². The Morgan fingerprint density at radius 3 is 3.06 bits per heavy atom. The predicted octanol–water partition coefficient (Wildman–Crippen LogP) is 2.91. The van der Waals surface area contributed by atoms with Crippen molar-refractivity contribution < 1.29 is 4.74 Å². The second-order valence-electron chi connectivity index (χ2n) is 3.15. The van der Waals surface area contributed by atoms with E-state index < -0.39 is 0 Å². The van der Waals surface area contributed by atoms with Crippen molar-refractivity contribution in [1.29, 1.82) is 0 Å². The number of halogens is 1. The zero-order valence-electron chi connectivity index (χ0n) is 9.53. The second-order valence-corrected chi connectivity index (χ2v) is 3.56. The number of rotatable bonds is 6. The van der Waals surface area contributed by atoms with Gasteiger partial charge >= 0.3 is 0 Å². The third kappa shape index (κ3) is 4.06. The smallest absolute Gasteiger partial charge is 0.237 e. The first-order valence-electron chi connectivity index (χ1n) is 5.28. The number of nitrogens with zero attached hydrogens (tertiary/aromatic N) is 2. The fraction of sp³-hybridized carbons (Fsp3) is 0.455. The zero-order chi connectivity index (χ0) is 11.8. The monoisotopic (exact) mass is 241 g/mol. The van der Waals surface area contributed by atoms with Crippen LogP contribution < -0.4 is 10.1 Å². The van der Waals surface area contributed by atoms with Gasteiger partial charge in [0.25, 0.3) is 0 Å². The molecule has 1 aromatic rings. The summed E-state index contributed by atoms with van der Waals surface area (Å²) in [5.41, 5.74) is 0. The average molecular weight is 242 g/mol. The summed E-state index contributed by atoms with van der Waals surface area (Å²) < 4.78 is 5.39. The standard InChI is InChI=1S/C11H16ClN3O/c1-3-5-7-16-10-9(12)8-14-11(15-10)13-6-4-2/h3,5,8H,4,6-7H2,1-2H3,(H,13,14,15)/b5-3+. The number of allylic oxidation sites excluding steroid dienone is 1. The minimum atomic E-state index is 0.411. The highest BCUT2D eigenvalue weighted by Crippen LogP contribution is 2.21. The SMILES string of the molecule is C/C=C/COc1nc(NCCC)ncc1Cl. The molecule has 0 aliphatic rings. The highest BCUT2D eigenvalue weighted by atomic mass is 35.5. The minimum absolute atomic E-state index is 0.411. The fourth-order valence-electron chi connectivity index (χ4n) is 0.998. The molecule has 4 nitrogen and oxygen atoms in total. The Hall–Kier alpha value is -1.29. The lowest BCUT2D eigenvalue weighted by Gasteiger charge is -2.07. The van der Waals surface area contributed by atoms with Crippen LogP contribution in [0.25, 0.3) is 0 Å². The number of hydrogen-bond donors (Lipinski definition) is 1. The van der Waals surface area contributed by atoms with Crippen LogP contribution in [0.1, 0.15) is 20.3 Å². The van der Waals surface area contributed by atoms with Crippen molar-refractivity contribution in [2.24, 2.45) is 0 Å². The van der Waals surface area contributed by atoms with Crippen LogP contribution in [-0.2, 0) is 0 Å². The molecule has 0 fully saturated rings. The summed E-state index contributed by atoms with van der Waals surface area (Å²) in [5.74, 6) is 0.954. The molecule has 1 N–H and O–H groups in total. The van der Waals surface area contributed by atoms with Crippen molar-refractivity contribution in [3.05, 3.63) is 23.4 Å². The summed E-state index contributed by atoms with van der Waals surface area (Å²) in [5, 5.41) is 3.50. The maximum atomic E-state index is 5.91. The Labute approximate surface area is 101 Å². The summed E-state index contributed by atoms with van der Waals surface area (Å²) in [4.78, 5) is 8.22. The first-order chi connectivity index (χ1) is 7.77. The van der Waals surface area contributed by atoms with Crippen molar-refractivity contribution in [3.63, 3.8) is 0 Å². The van der Waals surface area contributed by atoms with E-state index in [4.69, 9.17) is 16.3 Å². The van der Waals surface area contributed by atoms with Crippen molar-refractivity contribution in [3.8, 4) is 5.88 Å². The van der Waals surface area contributed by atoms with E-state index in [-0.39, 0.29) is 0 Å². The van der Waals surface area contributed by atoms with E-state index in [1.165, 1.54) is 6.20 Å². The van der Waals surface area contributed by atoms with Crippen LogP contribution in [-0.4, -0.2) is 23.1 Å². The maximum absolute atomic E-state index is 5.91. The highest BCUT2D eigenvalue weighted by molar-refractivity contribution is 6.31. The van der Waals surface area contributed by atoms with Gasteiger partial charge in [0.15, 0.2) is 0 Å². The number of nitrogens with one attached hydrogen (secondary N) is 1. The molecule has 16 heavy (non-hydrogen) atoms. The van der Waals surface area contributed by atoms with Crippen molar-refractivity contribution in [2.75, 3.05) is 18.5 Å². The molecule has 5 heteroatoms. The molecule has 1 heterocycles. The molecule has 0 spiro atoms. The summed E-state index contributed by atoms with van der Waals surface area (Å²) in [6, 6.07) is 0. The second kappa shape index (κ2) is 7.06. The molecule has 0 amide bonds. The number of anilines is 1. The van der Waals surface area contributed by atoms with Gasteiger partial charge in [0, 0.05) is 6.54 Å². The van der Waals surface area contributed by atoms with Crippen LogP contribution >= 0.6 is 11.6 Å². The molecule has 88 valence electrons. The first kappa shape index (κ1) is 12.8. The molecule has 0 aliphatic heterocycles. The van der Waals surface area contributed by atoms with Gasteiger partial charge in [-0.2, -0.15) is 4.98 Å². The van der Waals surface area contributed by atoms with Crippen LogP contribution in [0, 0.1) is 0 Å². The number of ether oxygens (including phenoxy) is 1. The van der Waals surface area contributed by atoms with Crippen molar-refractivity contribution in [1.82, 2.24) is 9.97 Å². The lowest BCUT2D eigenvalue weighted by Crippen LogP contribution is -2.06. The third-order valence-electron chi connectivity index (χ3n) is 1.80. The molecule has 0 unspecified atom stereocenters. The van der Waals surface area contributed by atoms with Crippen LogP contribution in [0.5, 0.6) is 5.88 Å². The number of aromatic nitrogens is 2. The van der Waals surface area contributed by atoms with Gasteiger partial charge in [-0.1, -0.05) is 30.7 Å². The van der Waals surface area contributed by atoms with E-state index in [0.29, 0.717) is 23.5 Å². The summed E-state index contributed by atoms with van der Waals surface area (Å²) in [6.45, 7) is 5.29. The van der Waals surface area contributed by atoms with E-state index in [1.807, 2.05) is 19.1 Å². The van der Waals surface area contributed by atoms with E-state index in [0.717, 1.165) is 13.0 Å². The van der Waals surface area contributed by atoms with E-state index in [2.05, 4.69) is 22.2 Å². The zero-order valence-corrected chi connectivity index (χ0v) is 10.3. The van der Waals surface area contributed by atoms with Crippen LogP contribution in [0.3, 0.4) is 0 Å². The van der Waals surface area contributed by atoms with E-state index in [1.54, 1.807) is 0 Å². The highest BCUT2D eigenvalue weighted by Gasteiger charge is 2.05.